The third-order valence-corrected chi connectivity index (χ3v) is 3.75. The van der Waals surface area contributed by atoms with Crippen molar-refractivity contribution in [1.29, 1.82) is 5.26 Å². The second kappa shape index (κ2) is 10.0. The first kappa shape index (κ1) is 20.1. The summed E-state index contributed by atoms with van der Waals surface area (Å²) in [6.45, 7) is 8.75. The van der Waals surface area contributed by atoms with Gasteiger partial charge in [-0.3, -0.25) is 4.79 Å². The molecule has 7 heteroatoms. The molecule has 1 aromatic carbocycles. The molecule has 7 nitrogen and oxygen atoms in total. The number of nitrogens with zero attached hydrogens (tertiary/aromatic N) is 4. The van der Waals surface area contributed by atoms with Crippen molar-refractivity contribution in [2.24, 2.45) is 0 Å². The summed E-state index contributed by atoms with van der Waals surface area (Å²) in [4.78, 5) is 23.5. The lowest BCUT2D eigenvalue weighted by Crippen LogP contribution is -2.28. The number of hydrogen-bond acceptors (Lipinski definition) is 7. The molecule has 0 radical (unpaired) electrons. The van der Waals surface area contributed by atoms with Crippen molar-refractivity contribution in [2.75, 3.05) is 38.3 Å². The number of hydrogen-bond donors (Lipinski definition) is 0. The van der Waals surface area contributed by atoms with Gasteiger partial charge in [0.2, 0.25) is 0 Å². The summed E-state index contributed by atoms with van der Waals surface area (Å²) in [5, 5.41) is 9.64. The van der Waals surface area contributed by atoms with Gasteiger partial charge in [-0.15, -0.1) is 13.2 Å². The highest BCUT2D eigenvalue weighted by Gasteiger charge is 2.29. The molecule has 0 bridgehead atoms. The van der Waals surface area contributed by atoms with Crippen LogP contribution < -0.4 is 4.90 Å². The Balaban J connectivity index is 2.54. The Kier molecular flexibility index (Phi) is 7.47. The van der Waals surface area contributed by atoms with E-state index in [9.17, 15) is 10.1 Å². The number of aromatic nitrogens is 2. The number of nitriles is 1. The quantitative estimate of drug-likeness (QED) is 0.363. The number of carbonyl (C=O) groups excluding carboxylic acids is 1. The van der Waals surface area contributed by atoms with Gasteiger partial charge in [-0.25, -0.2) is 9.97 Å². The summed E-state index contributed by atoms with van der Waals surface area (Å²) in [6, 6.07) is 9.28. The molecule has 1 atom stereocenters. The lowest BCUT2D eigenvalue weighted by Gasteiger charge is -2.24. The predicted molar refractivity (Wildman–Crippen MR) is 103 cm³/mol. The highest BCUT2D eigenvalue weighted by molar-refractivity contribution is 5.85. The number of esters is 1. The van der Waals surface area contributed by atoms with Gasteiger partial charge in [0.25, 0.3) is 0 Å². The first-order chi connectivity index (χ1) is 13.2. The SMILES string of the molecule is C=CCN(CC=C)c1nc2ccccc2nc1[C@H](C#N)C(=O)OCCOC. The van der Waals surface area contributed by atoms with Crippen LogP contribution in [0.1, 0.15) is 11.6 Å². The molecule has 0 saturated carbocycles. The Labute approximate surface area is 158 Å². The van der Waals surface area contributed by atoms with Crippen molar-refractivity contribution >= 4 is 22.8 Å². The van der Waals surface area contributed by atoms with Gasteiger partial charge >= 0.3 is 5.97 Å². The molecule has 0 amide bonds. The van der Waals surface area contributed by atoms with Crippen LogP contribution in [0.25, 0.3) is 11.0 Å². The third kappa shape index (κ3) is 4.90. The van der Waals surface area contributed by atoms with Gasteiger partial charge in [0, 0.05) is 20.2 Å². The first-order valence-corrected chi connectivity index (χ1v) is 8.44. The predicted octanol–water partition coefficient (Wildman–Crippen LogP) is 2.60. The largest absolute Gasteiger partial charge is 0.462 e. The summed E-state index contributed by atoms with van der Waals surface area (Å²) in [7, 11) is 1.50. The molecule has 0 unspecified atom stereocenters. The summed E-state index contributed by atoms with van der Waals surface area (Å²) >= 11 is 0. The molecule has 0 saturated heterocycles. The Bertz CT molecular complexity index is 850. The molecule has 0 aliphatic rings. The number of fused-ring (bicyclic) bond motifs is 1. The van der Waals surface area contributed by atoms with Crippen molar-refractivity contribution < 1.29 is 14.3 Å². The number of ether oxygens (including phenoxy) is 2. The molecule has 0 spiro atoms. The summed E-state index contributed by atoms with van der Waals surface area (Å²) in [6.07, 6.45) is 3.42. The molecule has 0 fully saturated rings. The average molecular weight is 366 g/mol. The molecule has 1 aromatic heterocycles. The molecule has 0 aliphatic heterocycles. The van der Waals surface area contributed by atoms with E-state index < -0.39 is 11.9 Å². The zero-order chi connectivity index (χ0) is 19.6. The zero-order valence-electron chi connectivity index (χ0n) is 15.3. The van der Waals surface area contributed by atoms with Crippen LogP contribution >= 0.6 is 0 Å². The number of para-hydroxylation sites is 2. The second-order valence-corrected chi connectivity index (χ2v) is 5.63. The molecule has 0 N–H and O–H groups in total. The molecule has 2 aromatic rings. The average Bonchev–Trinajstić information content (AvgIpc) is 2.68. The van der Waals surface area contributed by atoms with Gasteiger partial charge in [-0.05, 0) is 12.1 Å². The van der Waals surface area contributed by atoms with Crippen LogP contribution in [0.15, 0.2) is 49.6 Å². The first-order valence-electron chi connectivity index (χ1n) is 8.44. The van der Waals surface area contributed by atoms with Crippen molar-refractivity contribution in [2.45, 2.75) is 5.92 Å². The maximum atomic E-state index is 12.4. The molecule has 0 aliphatic carbocycles. The van der Waals surface area contributed by atoms with Crippen LogP contribution in [-0.4, -0.2) is 49.4 Å². The Morgan fingerprint density at radius 1 is 1.22 bits per heavy atom. The minimum absolute atomic E-state index is 0.0624. The van der Waals surface area contributed by atoms with E-state index in [0.29, 0.717) is 29.9 Å². The van der Waals surface area contributed by atoms with E-state index in [4.69, 9.17) is 9.47 Å². The maximum absolute atomic E-state index is 12.4. The second-order valence-electron chi connectivity index (χ2n) is 5.63. The summed E-state index contributed by atoms with van der Waals surface area (Å²) < 4.78 is 10.0. The van der Waals surface area contributed by atoms with Crippen LogP contribution in [0.3, 0.4) is 0 Å². The molecule has 140 valence electrons. The fourth-order valence-electron chi connectivity index (χ4n) is 2.52. The normalized spacial score (nSPS) is 11.4. The standard InChI is InChI=1S/C20H22N4O3/c1-4-10-24(11-5-2)19-18(15(14-21)20(25)27-13-12-26-3)22-16-8-6-7-9-17(16)23-19/h4-9,15H,1-2,10-13H2,3H3/t15-/m0/s1. The Morgan fingerprint density at radius 3 is 2.41 bits per heavy atom. The topological polar surface area (TPSA) is 88.3 Å². The smallest absolute Gasteiger partial charge is 0.329 e. The molecule has 27 heavy (non-hydrogen) atoms. The number of benzene rings is 1. The van der Waals surface area contributed by atoms with E-state index in [1.54, 1.807) is 18.2 Å². The van der Waals surface area contributed by atoms with Crippen LogP contribution in [0.2, 0.25) is 0 Å². The zero-order valence-corrected chi connectivity index (χ0v) is 15.3. The third-order valence-electron chi connectivity index (χ3n) is 3.75. The number of carbonyl (C=O) groups is 1. The number of methoxy groups -OCH3 is 1. The fourth-order valence-corrected chi connectivity index (χ4v) is 2.52. The minimum Gasteiger partial charge on any atom is -0.462 e. The van der Waals surface area contributed by atoms with E-state index >= 15 is 0 Å². The molecule has 1 heterocycles. The van der Waals surface area contributed by atoms with Gasteiger partial charge < -0.3 is 14.4 Å². The van der Waals surface area contributed by atoms with E-state index in [-0.39, 0.29) is 18.9 Å². The van der Waals surface area contributed by atoms with E-state index in [1.807, 2.05) is 29.2 Å². The highest BCUT2D eigenvalue weighted by atomic mass is 16.6. The van der Waals surface area contributed by atoms with Gasteiger partial charge in [0.1, 0.15) is 12.3 Å². The molecular formula is C20H22N4O3. The van der Waals surface area contributed by atoms with Crippen LogP contribution in [0, 0.1) is 11.3 Å². The van der Waals surface area contributed by atoms with Gasteiger partial charge in [0.15, 0.2) is 11.7 Å². The highest BCUT2D eigenvalue weighted by Crippen LogP contribution is 2.28. The van der Waals surface area contributed by atoms with Crippen LogP contribution in [0.4, 0.5) is 5.82 Å². The summed E-state index contributed by atoms with van der Waals surface area (Å²) in [5.41, 5.74) is 1.51. The molecular weight excluding hydrogens is 344 g/mol. The van der Waals surface area contributed by atoms with Crippen LogP contribution in [0.5, 0.6) is 0 Å². The monoisotopic (exact) mass is 366 g/mol. The lowest BCUT2D eigenvalue weighted by atomic mass is 10.1. The van der Waals surface area contributed by atoms with E-state index in [0.717, 1.165) is 0 Å². The van der Waals surface area contributed by atoms with E-state index in [1.165, 1.54) is 7.11 Å². The molecule has 2 rings (SSSR count). The van der Waals surface area contributed by atoms with Gasteiger partial charge in [-0.1, -0.05) is 24.3 Å². The van der Waals surface area contributed by atoms with Crippen molar-refractivity contribution in [1.82, 2.24) is 9.97 Å². The Morgan fingerprint density at radius 2 is 1.85 bits per heavy atom. The van der Waals surface area contributed by atoms with Gasteiger partial charge in [-0.2, -0.15) is 5.26 Å². The lowest BCUT2D eigenvalue weighted by molar-refractivity contribution is -0.145. The minimum atomic E-state index is -1.20. The Hall–Kier alpha value is -3.24. The maximum Gasteiger partial charge on any atom is 0.329 e. The van der Waals surface area contributed by atoms with Crippen LogP contribution in [-0.2, 0) is 14.3 Å². The van der Waals surface area contributed by atoms with Gasteiger partial charge in [0.05, 0.1) is 23.7 Å². The van der Waals surface area contributed by atoms with Crippen molar-refractivity contribution in [3.8, 4) is 6.07 Å². The number of rotatable bonds is 10. The number of anilines is 1. The van der Waals surface area contributed by atoms with Crippen molar-refractivity contribution in [3.63, 3.8) is 0 Å². The summed E-state index contributed by atoms with van der Waals surface area (Å²) in [5.74, 6) is -1.45. The fraction of sp³-hybridized carbons (Fsp3) is 0.300. The van der Waals surface area contributed by atoms with E-state index in [2.05, 4.69) is 23.1 Å². The van der Waals surface area contributed by atoms with Crippen molar-refractivity contribution in [3.05, 3.63) is 55.3 Å².